The van der Waals surface area contributed by atoms with Crippen LogP contribution >= 0.6 is 0 Å². The van der Waals surface area contributed by atoms with Crippen molar-refractivity contribution in [3.05, 3.63) is 58.0 Å². The highest BCUT2D eigenvalue weighted by atomic mass is 16.6. The largest absolute Gasteiger partial charge is 0.456 e. The molecule has 1 aliphatic heterocycles. The molecule has 0 bridgehead atoms. The Morgan fingerprint density at radius 3 is 2.72 bits per heavy atom. The third kappa shape index (κ3) is 3.14. The molecule has 0 aliphatic carbocycles. The van der Waals surface area contributed by atoms with Crippen LogP contribution in [0, 0.1) is 10.1 Å². The van der Waals surface area contributed by atoms with E-state index in [-0.39, 0.29) is 11.4 Å². The van der Waals surface area contributed by atoms with Crippen molar-refractivity contribution < 1.29 is 18.9 Å². The van der Waals surface area contributed by atoms with Crippen LogP contribution in [0.4, 0.5) is 10.5 Å². The van der Waals surface area contributed by atoms with Crippen molar-refractivity contribution in [2.45, 2.75) is 13.3 Å². The van der Waals surface area contributed by atoms with Crippen LogP contribution in [0.3, 0.4) is 0 Å². The summed E-state index contributed by atoms with van der Waals surface area (Å²) < 4.78 is 5.60. The smallest absolute Gasteiger partial charge is 0.329 e. The van der Waals surface area contributed by atoms with Crippen LogP contribution in [0.15, 0.2) is 46.5 Å². The highest BCUT2D eigenvalue weighted by Gasteiger charge is 2.32. The minimum atomic E-state index is -0.487. The van der Waals surface area contributed by atoms with Crippen LogP contribution in [0.2, 0.25) is 0 Å². The molecule has 0 unspecified atom stereocenters. The molecule has 1 aromatic carbocycles. The first-order valence-electron chi connectivity index (χ1n) is 7.69. The summed E-state index contributed by atoms with van der Waals surface area (Å²) in [5.41, 5.74) is 0.379. The minimum absolute atomic E-state index is 0.0737. The highest BCUT2D eigenvalue weighted by Crippen LogP contribution is 2.31. The topological polar surface area (TPSA) is 106 Å². The number of rotatable bonds is 5. The average Bonchev–Trinajstić information content (AvgIpc) is 3.16. The number of nitro groups is 1. The SMILES string of the molecule is CCCN1C(=O)N/C(=C\c2ccc(-c3ccccc3[N+](=O)[O-])o2)C1=O. The fourth-order valence-electron chi connectivity index (χ4n) is 2.56. The second-order valence-corrected chi connectivity index (χ2v) is 5.42. The highest BCUT2D eigenvalue weighted by molar-refractivity contribution is 6.13. The summed E-state index contributed by atoms with van der Waals surface area (Å²) in [5, 5.41) is 13.6. The molecule has 128 valence electrons. The molecule has 0 saturated carbocycles. The van der Waals surface area contributed by atoms with Gasteiger partial charge in [-0.05, 0) is 24.6 Å². The normalized spacial score (nSPS) is 15.7. The zero-order valence-corrected chi connectivity index (χ0v) is 13.4. The molecule has 1 N–H and O–H groups in total. The predicted octanol–water partition coefficient (Wildman–Crippen LogP) is 3.16. The van der Waals surface area contributed by atoms with Crippen LogP contribution in [-0.4, -0.2) is 28.3 Å². The van der Waals surface area contributed by atoms with E-state index in [1.54, 1.807) is 30.3 Å². The van der Waals surface area contributed by atoms with Crippen molar-refractivity contribution in [3.63, 3.8) is 0 Å². The predicted molar refractivity (Wildman–Crippen MR) is 89.3 cm³/mol. The standard InChI is InChI=1S/C17H15N3O5/c1-2-9-19-16(21)13(18-17(19)22)10-11-7-8-15(25-11)12-5-3-4-6-14(12)20(23)24/h3-8,10H,2,9H2,1H3,(H,18,22)/b13-10-. The van der Waals surface area contributed by atoms with Gasteiger partial charge in [-0.3, -0.25) is 19.8 Å². The van der Waals surface area contributed by atoms with Crippen LogP contribution in [0.5, 0.6) is 0 Å². The first kappa shape index (κ1) is 16.4. The molecule has 0 radical (unpaired) electrons. The van der Waals surface area contributed by atoms with Gasteiger partial charge >= 0.3 is 6.03 Å². The first-order valence-corrected chi connectivity index (χ1v) is 7.69. The van der Waals surface area contributed by atoms with Gasteiger partial charge in [0, 0.05) is 18.7 Å². The second-order valence-electron chi connectivity index (χ2n) is 5.42. The van der Waals surface area contributed by atoms with Crippen molar-refractivity contribution >= 4 is 23.7 Å². The van der Waals surface area contributed by atoms with E-state index in [0.29, 0.717) is 30.0 Å². The number of nitro benzene ring substituents is 1. The van der Waals surface area contributed by atoms with Crippen molar-refractivity contribution in [2.75, 3.05) is 6.54 Å². The van der Waals surface area contributed by atoms with Gasteiger partial charge < -0.3 is 9.73 Å². The van der Waals surface area contributed by atoms with Gasteiger partial charge in [0.2, 0.25) is 0 Å². The molecule has 1 saturated heterocycles. The lowest BCUT2D eigenvalue weighted by Gasteiger charge is -2.08. The quantitative estimate of drug-likeness (QED) is 0.389. The molecular weight excluding hydrogens is 326 g/mol. The Balaban J connectivity index is 1.90. The number of hydrogen-bond acceptors (Lipinski definition) is 5. The van der Waals surface area contributed by atoms with E-state index in [9.17, 15) is 19.7 Å². The number of para-hydroxylation sites is 1. The molecule has 2 aromatic rings. The Labute approximate surface area is 142 Å². The molecule has 0 atom stereocenters. The van der Waals surface area contributed by atoms with Crippen LogP contribution in [-0.2, 0) is 4.79 Å². The fraction of sp³-hybridized carbons (Fsp3) is 0.176. The third-order valence-corrected chi connectivity index (χ3v) is 3.69. The van der Waals surface area contributed by atoms with Crippen LogP contribution < -0.4 is 5.32 Å². The van der Waals surface area contributed by atoms with Crippen molar-refractivity contribution in [2.24, 2.45) is 0 Å². The Kier molecular flexibility index (Phi) is 4.34. The summed E-state index contributed by atoms with van der Waals surface area (Å²) in [5.74, 6) is 0.201. The Morgan fingerprint density at radius 1 is 1.24 bits per heavy atom. The summed E-state index contributed by atoms with van der Waals surface area (Å²) in [6, 6.07) is 8.91. The summed E-state index contributed by atoms with van der Waals surface area (Å²) in [6.07, 6.45) is 2.07. The summed E-state index contributed by atoms with van der Waals surface area (Å²) in [6.45, 7) is 2.20. The Bertz CT molecular complexity index is 884. The number of urea groups is 1. The number of carbonyl (C=O) groups is 2. The number of furan rings is 1. The van der Waals surface area contributed by atoms with E-state index in [0.717, 1.165) is 4.90 Å². The lowest BCUT2D eigenvalue weighted by atomic mass is 10.1. The van der Waals surface area contributed by atoms with E-state index in [4.69, 9.17) is 4.42 Å². The Hall–Kier alpha value is -3.42. The minimum Gasteiger partial charge on any atom is -0.456 e. The average molecular weight is 341 g/mol. The molecule has 25 heavy (non-hydrogen) atoms. The first-order chi connectivity index (χ1) is 12.0. The van der Waals surface area contributed by atoms with E-state index < -0.39 is 16.9 Å². The van der Waals surface area contributed by atoms with Crippen molar-refractivity contribution in [3.8, 4) is 11.3 Å². The maximum atomic E-state index is 12.2. The van der Waals surface area contributed by atoms with E-state index >= 15 is 0 Å². The second kappa shape index (κ2) is 6.60. The molecule has 8 heteroatoms. The monoisotopic (exact) mass is 341 g/mol. The van der Waals surface area contributed by atoms with Gasteiger partial charge in [0.15, 0.2) is 0 Å². The summed E-state index contributed by atoms with van der Waals surface area (Å²) >= 11 is 0. The van der Waals surface area contributed by atoms with E-state index in [1.165, 1.54) is 12.1 Å². The maximum Gasteiger partial charge on any atom is 0.329 e. The molecule has 1 aliphatic rings. The molecular formula is C17H15N3O5. The molecule has 1 aromatic heterocycles. The van der Waals surface area contributed by atoms with Gasteiger partial charge in [0.25, 0.3) is 11.6 Å². The summed E-state index contributed by atoms with van der Waals surface area (Å²) in [4.78, 5) is 35.7. The zero-order valence-electron chi connectivity index (χ0n) is 13.4. The van der Waals surface area contributed by atoms with Crippen molar-refractivity contribution in [1.29, 1.82) is 0 Å². The van der Waals surface area contributed by atoms with Gasteiger partial charge in [-0.15, -0.1) is 0 Å². The molecule has 3 rings (SSSR count). The molecule has 1 fully saturated rings. The van der Waals surface area contributed by atoms with Crippen LogP contribution in [0.25, 0.3) is 17.4 Å². The van der Waals surface area contributed by atoms with E-state index in [1.807, 2.05) is 6.92 Å². The summed E-state index contributed by atoms with van der Waals surface area (Å²) in [7, 11) is 0. The zero-order chi connectivity index (χ0) is 18.0. The van der Waals surface area contributed by atoms with Gasteiger partial charge in [-0.1, -0.05) is 19.1 Å². The fourth-order valence-corrected chi connectivity index (χ4v) is 2.56. The molecule has 3 amide bonds. The van der Waals surface area contributed by atoms with Gasteiger partial charge in [-0.2, -0.15) is 0 Å². The van der Waals surface area contributed by atoms with Gasteiger partial charge in [0.05, 0.1) is 10.5 Å². The Morgan fingerprint density at radius 2 is 2.00 bits per heavy atom. The number of amides is 3. The van der Waals surface area contributed by atoms with Crippen molar-refractivity contribution in [1.82, 2.24) is 10.2 Å². The molecule has 2 heterocycles. The van der Waals surface area contributed by atoms with E-state index in [2.05, 4.69) is 5.32 Å². The number of nitrogens with zero attached hydrogens (tertiary/aromatic N) is 2. The maximum absolute atomic E-state index is 12.2. The number of benzene rings is 1. The van der Waals surface area contributed by atoms with Gasteiger partial charge in [-0.25, -0.2) is 4.79 Å². The van der Waals surface area contributed by atoms with Crippen LogP contribution in [0.1, 0.15) is 19.1 Å². The van der Waals surface area contributed by atoms with Gasteiger partial charge in [0.1, 0.15) is 17.2 Å². The lowest BCUT2D eigenvalue weighted by molar-refractivity contribution is -0.384. The number of carbonyl (C=O) groups excluding carboxylic acids is 2. The number of imide groups is 1. The number of nitrogens with one attached hydrogen (secondary N) is 1. The number of hydrogen-bond donors (Lipinski definition) is 1. The third-order valence-electron chi connectivity index (χ3n) is 3.69. The lowest BCUT2D eigenvalue weighted by Crippen LogP contribution is -2.31. The molecule has 8 nitrogen and oxygen atoms in total. The molecule has 0 spiro atoms.